The van der Waals surface area contributed by atoms with Crippen LogP contribution in [-0.4, -0.2) is 53.8 Å². The van der Waals surface area contributed by atoms with E-state index < -0.39 is 0 Å². The summed E-state index contributed by atoms with van der Waals surface area (Å²) in [5.74, 6) is 0.107. The fraction of sp³-hybridized carbons (Fsp3) is 0.529. The van der Waals surface area contributed by atoms with E-state index in [9.17, 15) is 9.59 Å². The van der Waals surface area contributed by atoms with Gasteiger partial charge in [-0.15, -0.1) is 0 Å². The Kier molecular flexibility index (Phi) is 5.19. The molecule has 1 aliphatic heterocycles. The second-order valence-corrected chi connectivity index (χ2v) is 6.03. The lowest BCUT2D eigenvalue weighted by molar-refractivity contribution is -0.131. The van der Waals surface area contributed by atoms with Crippen molar-refractivity contribution in [3.05, 3.63) is 29.3 Å². The van der Waals surface area contributed by atoms with E-state index in [1.165, 1.54) is 5.56 Å². The third-order valence-corrected chi connectivity index (χ3v) is 4.33. The van der Waals surface area contributed by atoms with Crippen LogP contribution in [0.4, 0.5) is 5.69 Å². The van der Waals surface area contributed by atoms with Crippen molar-refractivity contribution in [3.63, 3.8) is 0 Å². The summed E-state index contributed by atoms with van der Waals surface area (Å²) in [4.78, 5) is 27.7. The molecular weight excluding hydrogens is 278 g/mol. The van der Waals surface area contributed by atoms with E-state index in [1.807, 2.05) is 37.8 Å². The van der Waals surface area contributed by atoms with Gasteiger partial charge in [0, 0.05) is 38.8 Å². The van der Waals surface area contributed by atoms with Crippen molar-refractivity contribution in [1.29, 1.82) is 0 Å². The van der Waals surface area contributed by atoms with Gasteiger partial charge < -0.3 is 10.2 Å². The Labute approximate surface area is 132 Å². The van der Waals surface area contributed by atoms with Gasteiger partial charge in [-0.3, -0.25) is 14.5 Å². The number of benzene rings is 1. The molecule has 1 atom stereocenters. The molecule has 22 heavy (non-hydrogen) atoms. The number of amides is 2. The lowest BCUT2D eigenvalue weighted by atomic mass is 10.1. The van der Waals surface area contributed by atoms with Crippen LogP contribution >= 0.6 is 0 Å². The van der Waals surface area contributed by atoms with Gasteiger partial charge in [0.05, 0.1) is 6.04 Å². The van der Waals surface area contributed by atoms with Crippen molar-refractivity contribution in [2.24, 2.45) is 0 Å². The van der Waals surface area contributed by atoms with E-state index in [1.54, 1.807) is 6.92 Å². The summed E-state index contributed by atoms with van der Waals surface area (Å²) in [5.41, 5.74) is 3.12. The van der Waals surface area contributed by atoms with Crippen molar-refractivity contribution >= 4 is 17.5 Å². The van der Waals surface area contributed by atoms with Crippen LogP contribution in [0.3, 0.4) is 0 Å². The van der Waals surface area contributed by atoms with E-state index in [2.05, 4.69) is 16.3 Å². The summed E-state index contributed by atoms with van der Waals surface area (Å²) >= 11 is 0. The molecule has 0 aromatic heterocycles. The van der Waals surface area contributed by atoms with E-state index in [0.717, 1.165) is 24.3 Å². The van der Waals surface area contributed by atoms with Crippen molar-refractivity contribution in [1.82, 2.24) is 9.80 Å². The molecule has 5 nitrogen and oxygen atoms in total. The molecule has 2 rings (SSSR count). The number of aryl methyl sites for hydroxylation is 2. The fourth-order valence-electron chi connectivity index (χ4n) is 2.78. The molecule has 120 valence electrons. The molecular formula is C17H25N3O2. The topological polar surface area (TPSA) is 52.7 Å². The van der Waals surface area contributed by atoms with E-state index in [4.69, 9.17) is 0 Å². The summed E-state index contributed by atoms with van der Waals surface area (Å²) in [6.45, 7) is 10.4. The van der Waals surface area contributed by atoms with E-state index >= 15 is 0 Å². The largest absolute Gasteiger partial charge is 0.340 e. The van der Waals surface area contributed by atoms with Crippen LogP contribution < -0.4 is 5.32 Å². The average Bonchev–Trinajstić information content (AvgIpc) is 2.49. The molecule has 1 N–H and O–H groups in total. The van der Waals surface area contributed by atoms with Crippen molar-refractivity contribution in [2.75, 3.05) is 31.5 Å². The van der Waals surface area contributed by atoms with Gasteiger partial charge in [-0.2, -0.15) is 0 Å². The molecule has 2 amide bonds. The lowest BCUT2D eigenvalue weighted by Crippen LogP contribution is -2.53. The van der Waals surface area contributed by atoms with E-state index in [-0.39, 0.29) is 17.9 Å². The maximum atomic E-state index is 12.4. The van der Waals surface area contributed by atoms with Gasteiger partial charge in [-0.25, -0.2) is 0 Å². The quantitative estimate of drug-likeness (QED) is 0.926. The first-order chi connectivity index (χ1) is 10.4. The van der Waals surface area contributed by atoms with Gasteiger partial charge in [0.25, 0.3) is 0 Å². The molecule has 1 fully saturated rings. The molecule has 5 heteroatoms. The Hall–Kier alpha value is -1.88. The molecule has 1 aliphatic rings. The van der Waals surface area contributed by atoms with Crippen LogP contribution in [0, 0.1) is 13.8 Å². The van der Waals surface area contributed by atoms with Gasteiger partial charge in [-0.05, 0) is 32.4 Å². The maximum Gasteiger partial charge on any atom is 0.241 e. The molecule has 1 saturated heterocycles. The highest BCUT2D eigenvalue weighted by Gasteiger charge is 2.26. The minimum atomic E-state index is -0.199. The van der Waals surface area contributed by atoms with Crippen LogP contribution in [0.15, 0.2) is 18.2 Å². The van der Waals surface area contributed by atoms with Gasteiger partial charge in [0.2, 0.25) is 11.8 Å². The zero-order valence-electron chi connectivity index (χ0n) is 13.8. The fourth-order valence-corrected chi connectivity index (χ4v) is 2.78. The number of nitrogens with one attached hydrogen (secondary N) is 1. The van der Waals surface area contributed by atoms with Crippen LogP contribution in [-0.2, 0) is 9.59 Å². The van der Waals surface area contributed by atoms with Gasteiger partial charge in [-0.1, -0.05) is 17.7 Å². The Balaban J connectivity index is 1.94. The van der Waals surface area contributed by atoms with Crippen LogP contribution in [0.5, 0.6) is 0 Å². The summed E-state index contributed by atoms with van der Waals surface area (Å²) in [7, 11) is 0. The normalized spacial score (nSPS) is 17.2. The zero-order valence-corrected chi connectivity index (χ0v) is 13.8. The van der Waals surface area contributed by atoms with Crippen molar-refractivity contribution in [3.8, 4) is 0 Å². The molecule has 0 spiro atoms. The molecule has 0 saturated carbocycles. The number of nitrogens with zero attached hydrogens (tertiary/aromatic N) is 2. The van der Waals surface area contributed by atoms with Crippen LogP contribution in [0.1, 0.15) is 25.0 Å². The molecule has 0 bridgehead atoms. The smallest absolute Gasteiger partial charge is 0.241 e. The van der Waals surface area contributed by atoms with Crippen LogP contribution in [0.2, 0.25) is 0 Å². The Morgan fingerprint density at radius 1 is 1.14 bits per heavy atom. The molecule has 1 aromatic rings. The third-order valence-electron chi connectivity index (χ3n) is 4.33. The minimum absolute atomic E-state index is 0.00299. The van der Waals surface area contributed by atoms with Gasteiger partial charge in [0.15, 0.2) is 0 Å². The first-order valence-corrected chi connectivity index (χ1v) is 7.76. The SMILES string of the molecule is CC(=O)N1CCN([C@@H](C)C(=O)Nc2ccc(C)cc2C)CC1. The number of hydrogen-bond donors (Lipinski definition) is 1. The van der Waals surface area contributed by atoms with Crippen molar-refractivity contribution < 1.29 is 9.59 Å². The summed E-state index contributed by atoms with van der Waals surface area (Å²) in [5, 5.41) is 3.01. The number of hydrogen-bond acceptors (Lipinski definition) is 3. The van der Waals surface area contributed by atoms with Gasteiger partial charge in [0.1, 0.15) is 0 Å². The highest BCUT2D eigenvalue weighted by Crippen LogP contribution is 2.17. The number of carbonyl (C=O) groups excluding carboxylic acids is 2. The first-order valence-electron chi connectivity index (χ1n) is 7.76. The standard InChI is InChI=1S/C17H25N3O2/c1-12-5-6-16(13(2)11-12)18-17(22)14(3)19-7-9-20(10-8-19)15(4)21/h5-6,11,14H,7-10H2,1-4H3,(H,18,22)/t14-/m0/s1. The molecule has 1 heterocycles. The second kappa shape index (κ2) is 6.92. The number of rotatable bonds is 3. The molecule has 0 aliphatic carbocycles. The maximum absolute atomic E-state index is 12.4. The number of anilines is 1. The highest BCUT2D eigenvalue weighted by atomic mass is 16.2. The predicted molar refractivity (Wildman–Crippen MR) is 87.8 cm³/mol. The monoisotopic (exact) mass is 303 g/mol. The first kappa shape index (κ1) is 16.5. The third kappa shape index (κ3) is 3.85. The summed E-state index contributed by atoms with van der Waals surface area (Å²) in [6.07, 6.45) is 0. The Morgan fingerprint density at radius 3 is 2.32 bits per heavy atom. The number of carbonyl (C=O) groups is 2. The zero-order chi connectivity index (χ0) is 16.3. The lowest BCUT2D eigenvalue weighted by Gasteiger charge is -2.37. The second-order valence-electron chi connectivity index (χ2n) is 6.03. The Bertz CT molecular complexity index is 563. The van der Waals surface area contributed by atoms with Crippen LogP contribution in [0.25, 0.3) is 0 Å². The minimum Gasteiger partial charge on any atom is -0.340 e. The number of piperazine rings is 1. The molecule has 0 unspecified atom stereocenters. The summed E-state index contributed by atoms with van der Waals surface area (Å²) < 4.78 is 0. The molecule has 1 aromatic carbocycles. The van der Waals surface area contributed by atoms with E-state index in [0.29, 0.717) is 13.1 Å². The Morgan fingerprint density at radius 2 is 1.77 bits per heavy atom. The molecule has 0 radical (unpaired) electrons. The average molecular weight is 303 g/mol. The predicted octanol–water partition coefficient (Wildman–Crippen LogP) is 1.79. The summed E-state index contributed by atoms with van der Waals surface area (Å²) in [6, 6.07) is 5.81. The van der Waals surface area contributed by atoms with Gasteiger partial charge >= 0.3 is 0 Å². The highest BCUT2D eigenvalue weighted by molar-refractivity contribution is 5.95. The van der Waals surface area contributed by atoms with Crippen molar-refractivity contribution in [2.45, 2.75) is 33.7 Å².